The molecule has 0 fully saturated rings. The molecule has 2 rings (SSSR count). The summed E-state index contributed by atoms with van der Waals surface area (Å²) in [7, 11) is -1.07. The van der Waals surface area contributed by atoms with Gasteiger partial charge in [0.1, 0.15) is 12.4 Å². The highest BCUT2D eigenvalue weighted by atomic mass is 28.3. The minimum absolute atomic E-state index is 0.145. The highest BCUT2D eigenvalue weighted by Crippen LogP contribution is 2.26. The number of aromatic hydroxyl groups is 1. The van der Waals surface area contributed by atoms with Crippen molar-refractivity contribution in [1.82, 2.24) is 14.8 Å². The lowest BCUT2D eigenvalue weighted by atomic mass is 10.2. The lowest BCUT2D eigenvalue weighted by Gasteiger charge is -2.15. The molecule has 6 heteroatoms. The van der Waals surface area contributed by atoms with Gasteiger partial charge in [-0.25, -0.2) is 4.68 Å². The highest BCUT2D eigenvalue weighted by Gasteiger charge is 2.13. The van der Waals surface area contributed by atoms with Crippen LogP contribution in [0.4, 0.5) is 0 Å². The van der Waals surface area contributed by atoms with Crippen molar-refractivity contribution in [2.45, 2.75) is 32.4 Å². The minimum atomic E-state index is -1.07. The van der Waals surface area contributed by atoms with E-state index in [1.54, 1.807) is 23.3 Å². The Hall–Kier alpha value is -1.66. The molecule has 0 aliphatic carbocycles. The second-order valence-electron chi connectivity index (χ2n) is 5.99. The van der Waals surface area contributed by atoms with E-state index in [2.05, 4.69) is 29.7 Å². The molecule has 2 aromatic heterocycles. The molecule has 0 bridgehead atoms. The number of pyridine rings is 1. The molecule has 0 unspecified atom stereocenters. The molecular weight excluding hydrogens is 270 g/mol. The van der Waals surface area contributed by atoms with E-state index in [-0.39, 0.29) is 5.75 Å². The van der Waals surface area contributed by atoms with Crippen LogP contribution in [0.3, 0.4) is 0 Å². The SMILES string of the molecule is C[Si](C)(C)CCOCn1cc(O)c(-c2cccnc2)n1. The molecule has 0 spiro atoms. The maximum Gasteiger partial charge on any atom is 0.161 e. The van der Waals surface area contributed by atoms with Crippen molar-refractivity contribution in [3.8, 4) is 17.0 Å². The van der Waals surface area contributed by atoms with Crippen LogP contribution in [-0.4, -0.2) is 34.6 Å². The first kappa shape index (κ1) is 14.7. The third kappa shape index (κ3) is 4.18. The van der Waals surface area contributed by atoms with Gasteiger partial charge in [0.15, 0.2) is 5.75 Å². The molecule has 0 atom stereocenters. The van der Waals surface area contributed by atoms with E-state index in [0.717, 1.165) is 18.2 Å². The second-order valence-corrected chi connectivity index (χ2v) is 11.6. The molecule has 2 heterocycles. The summed E-state index contributed by atoms with van der Waals surface area (Å²) >= 11 is 0. The van der Waals surface area contributed by atoms with Crippen molar-refractivity contribution in [3.05, 3.63) is 30.7 Å². The monoisotopic (exact) mass is 291 g/mol. The van der Waals surface area contributed by atoms with Crippen molar-refractivity contribution in [2.24, 2.45) is 0 Å². The van der Waals surface area contributed by atoms with Gasteiger partial charge in [0, 0.05) is 32.6 Å². The Morgan fingerprint density at radius 3 is 2.80 bits per heavy atom. The molecule has 0 aromatic carbocycles. The van der Waals surface area contributed by atoms with Crippen LogP contribution in [0.5, 0.6) is 5.75 Å². The van der Waals surface area contributed by atoms with Gasteiger partial charge >= 0.3 is 0 Å². The van der Waals surface area contributed by atoms with E-state index in [1.165, 1.54) is 0 Å². The standard InChI is InChI=1S/C14H21N3O2Si/c1-20(2,3)8-7-19-11-17-10-13(18)14(16-17)12-5-4-6-15-9-12/h4-6,9-10,18H,7-8,11H2,1-3H3. The van der Waals surface area contributed by atoms with Gasteiger partial charge in [-0.1, -0.05) is 19.6 Å². The van der Waals surface area contributed by atoms with Gasteiger partial charge in [0.05, 0.1) is 6.20 Å². The summed E-state index contributed by atoms with van der Waals surface area (Å²) in [5.74, 6) is 0.145. The van der Waals surface area contributed by atoms with Gasteiger partial charge in [-0.05, 0) is 18.2 Å². The summed E-state index contributed by atoms with van der Waals surface area (Å²) in [6, 6.07) is 4.80. The number of aromatic nitrogens is 3. The maximum atomic E-state index is 9.91. The van der Waals surface area contributed by atoms with Crippen LogP contribution in [0.2, 0.25) is 25.7 Å². The molecule has 108 valence electrons. The van der Waals surface area contributed by atoms with Gasteiger partial charge in [-0.2, -0.15) is 5.10 Å². The van der Waals surface area contributed by atoms with E-state index in [1.807, 2.05) is 12.1 Å². The summed E-state index contributed by atoms with van der Waals surface area (Å²) in [4.78, 5) is 4.03. The topological polar surface area (TPSA) is 60.2 Å². The normalized spacial score (nSPS) is 11.8. The van der Waals surface area contributed by atoms with Crippen LogP contribution in [-0.2, 0) is 11.5 Å². The lowest BCUT2D eigenvalue weighted by molar-refractivity contribution is 0.0785. The predicted octanol–water partition coefficient (Wildman–Crippen LogP) is 2.96. The molecule has 2 aromatic rings. The average Bonchev–Trinajstić information content (AvgIpc) is 2.76. The Morgan fingerprint density at radius 1 is 1.35 bits per heavy atom. The van der Waals surface area contributed by atoms with E-state index in [0.29, 0.717) is 12.4 Å². The Bertz CT molecular complexity index is 549. The molecule has 0 saturated carbocycles. The Labute approximate surface area is 120 Å². The largest absolute Gasteiger partial charge is 0.504 e. The number of hydrogen-bond acceptors (Lipinski definition) is 4. The Kier molecular flexibility index (Phi) is 4.56. The summed E-state index contributed by atoms with van der Waals surface area (Å²) in [6.07, 6.45) is 4.95. The molecule has 5 nitrogen and oxygen atoms in total. The van der Waals surface area contributed by atoms with Crippen molar-refractivity contribution in [2.75, 3.05) is 6.61 Å². The van der Waals surface area contributed by atoms with Gasteiger partial charge in [0.2, 0.25) is 0 Å². The molecule has 0 saturated heterocycles. The van der Waals surface area contributed by atoms with Crippen molar-refractivity contribution >= 4 is 8.07 Å². The molecule has 0 aliphatic heterocycles. The summed E-state index contributed by atoms with van der Waals surface area (Å²) in [5.41, 5.74) is 1.33. The first-order chi connectivity index (χ1) is 9.46. The third-order valence-electron chi connectivity index (χ3n) is 2.90. The zero-order valence-electron chi connectivity index (χ0n) is 12.2. The summed E-state index contributed by atoms with van der Waals surface area (Å²) < 4.78 is 7.22. The van der Waals surface area contributed by atoms with E-state index in [9.17, 15) is 5.11 Å². The second kappa shape index (κ2) is 6.19. The van der Waals surface area contributed by atoms with Crippen molar-refractivity contribution in [1.29, 1.82) is 0 Å². The van der Waals surface area contributed by atoms with Crippen LogP contribution in [0.25, 0.3) is 11.3 Å². The zero-order valence-corrected chi connectivity index (χ0v) is 13.2. The maximum absolute atomic E-state index is 9.91. The van der Waals surface area contributed by atoms with Crippen molar-refractivity contribution in [3.63, 3.8) is 0 Å². The Balaban J connectivity index is 1.95. The number of ether oxygens (including phenoxy) is 1. The van der Waals surface area contributed by atoms with Crippen LogP contribution >= 0.6 is 0 Å². The van der Waals surface area contributed by atoms with Gasteiger partial charge in [-0.15, -0.1) is 0 Å². The molecule has 0 radical (unpaired) electrons. The zero-order chi connectivity index (χ0) is 14.6. The lowest BCUT2D eigenvalue weighted by Crippen LogP contribution is -2.22. The predicted molar refractivity (Wildman–Crippen MR) is 81.2 cm³/mol. The van der Waals surface area contributed by atoms with Crippen LogP contribution in [0.1, 0.15) is 0 Å². The Morgan fingerprint density at radius 2 is 2.15 bits per heavy atom. The fourth-order valence-corrected chi connectivity index (χ4v) is 2.48. The van der Waals surface area contributed by atoms with Gasteiger partial charge in [0.25, 0.3) is 0 Å². The molecule has 20 heavy (non-hydrogen) atoms. The van der Waals surface area contributed by atoms with Gasteiger partial charge in [-0.3, -0.25) is 4.98 Å². The summed E-state index contributed by atoms with van der Waals surface area (Å²) in [6.45, 7) is 8.04. The molecule has 1 N–H and O–H groups in total. The average molecular weight is 291 g/mol. The fraction of sp³-hybridized carbons (Fsp3) is 0.429. The number of nitrogens with zero attached hydrogens (tertiary/aromatic N) is 3. The van der Waals surface area contributed by atoms with Crippen LogP contribution < -0.4 is 0 Å². The van der Waals surface area contributed by atoms with E-state index in [4.69, 9.17) is 4.74 Å². The number of rotatable bonds is 6. The number of hydrogen-bond donors (Lipinski definition) is 1. The molecule has 0 amide bonds. The molecular formula is C14H21N3O2Si. The smallest absolute Gasteiger partial charge is 0.161 e. The van der Waals surface area contributed by atoms with Crippen LogP contribution in [0.15, 0.2) is 30.7 Å². The first-order valence-electron chi connectivity index (χ1n) is 6.70. The van der Waals surface area contributed by atoms with E-state index >= 15 is 0 Å². The van der Waals surface area contributed by atoms with Crippen molar-refractivity contribution < 1.29 is 9.84 Å². The minimum Gasteiger partial charge on any atom is -0.504 e. The first-order valence-corrected chi connectivity index (χ1v) is 10.4. The third-order valence-corrected chi connectivity index (χ3v) is 4.60. The fourth-order valence-electron chi connectivity index (χ4n) is 1.72. The highest BCUT2D eigenvalue weighted by molar-refractivity contribution is 6.76. The van der Waals surface area contributed by atoms with E-state index < -0.39 is 8.07 Å². The van der Waals surface area contributed by atoms with Gasteiger partial charge < -0.3 is 9.84 Å². The molecule has 0 aliphatic rings. The van der Waals surface area contributed by atoms with Crippen LogP contribution in [0, 0.1) is 0 Å². The summed E-state index contributed by atoms with van der Waals surface area (Å²) in [5, 5.41) is 14.2. The quantitative estimate of drug-likeness (QED) is 0.656.